The molecule has 2 fully saturated rings. The molecular formula is C33H52F4N8O3. The van der Waals surface area contributed by atoms with Crippen LogP contribution in [0.3, 0.4) is 0 Å². The summed E-state index contributed by atoms with van der Waals surface area (Å²) in [7, 11) is 3.13. The predicted molar refractivity (Wildman–Crippen MR) is 182 cm³/mol. The van der Waals surface area contributed by atoms with Crippen LogP contribution in [0.4, 0.5) is 29.2 Å². The van der Waals surface area contributed by atoms with Crippen LogP contribution in [-0.2, 0) is 0 Å². The quantitative estimate of drug-likeness (QED) is 0.146. The molecule has 15 heteroatoms. The van der Waals surface area contributed by atoms with Crippen LogP contribution >= 0.6 is 0 Å². The molecule has 4 N–H and O–H groups in total. The number of hydrogen-bond donors (Lipinski definition) is 3. The number of pyridine rings is 2. The van der Waals surface area contributed by atoms with E-state index in [0.717, 1.165) is 13.0 Å². The van der Waals surface area contributed by atoms with E-state index in [1.807, 2.05) is 41.5 Å². The van der Waals surface area contributed by atoms with Gasteiger partial charge in [0, 0.05) is 25.7 Å². The lowest BCUT2D eigenvalue weighted by Gasteiger charge is -2.19. The number of methoxy groups -OCH3 is 1. The van der Waals surface area contributed by atoms with Crippen LogP contribution < -0.4 is 30.6 Å². The lowest BCUT2D eigenvalue weighted by atomic mass is 10.1. The van der Waals surface area contributed by atoms with Gasteiger partial charge in [0.05, 0.1) is 24.5 Å². The predicted octanol–water partition coefficient (Wildman–Crippen LogP) is 6.78. The second kappa shape index (κ2) is 19.9. The standard InChI is InChI=1S/C22H28F3N7O3.C7H12FN.2C2H6/c1-6-10(2)34-20-14-17(31-22(33-5)32-19(14)28-8-7-27-4)15(23)16(30-20)12-9-13(26)29-11(3)18(12)35-21(24)25;8-6-4-7-2-1-3-9(7)5-6;2*1-2/h9-10,21,27H,6-8H2,1-5H3,(H2,26,29)(H,28,31,32);6-7H,1-5H2;2*1-2H3. The van der Waals surface area contributed by atoms with E-state index in [2.05, 4.69) is 40.2 Å². The minimum Gasteiger partial charge on any atom is -0.474 e. The number of ether oxygens (including phenoxy) is 3. The van der Waals surface area contributed by atoms with Gasteiger partial charge in [-0.1, -0.05) is 34.6 Å². The van der Waals surface area contributed by atoms with Gasteiger partial charge in [0.15, 0.2) is 11.6 Å². The van der Waals surface area contributed by atoms with Crippen molar-refractivity contribution < 1.29 is 31.8 Å². The maximum atomic E-state index is 16.0. The molecule has 0 bridgehead atoms. The van der Waals surface area contributed by atoms with Gasteiger partial charge < -0.3 is 30.6 Å². The van der Waals surface area contributed by atoms with Gasteiger partial charge in [-0.25, -0.2) is 18.7 Å². The Kier molecular flexibility index (Phi) is 16.8. The Morgan fingerprint density at radius 3 is 2.40 bits per heavy atom. The number of nitrogens with two attached hydrogens (primary N) is 1. The summed E-state index contributed by atoms with van der Waals surface area (Å²) in [6.45, 7) is 12.9. The van der Waals surface area contributed by atoms with Gasteiger partial charge >= 0.3 is 12.6 Å². The third-order valence-electron chi connectivity index (χ3n) is 7.55. The van der Waals surface area contributed by atoms with E-state index >= 15 is 4.39 Å². The molecule has 3 aromatic rings. The van der Waals surface area contributed by atoms with E-state index in [1.165, 1.54) is 32.9 Å². The SMILES string of the molecule is CC.CC.CCC(C)Oc1nc(-c2cc(N)nc(C)c2OC(F)F)c(F)c2nc(OC)nc(NCCNC)c12.FC1CC2CCCN2C1. The molecule has 270 valence electrons. The number of alkyl halides is 3. The zero-order valence-electron chi connectivity index (χ0n) is 29.6. The first kappa shape index (κ1) is 40.5. The minimum absolute atomic E-state index is 0.0106. The average molecular weight is 685 g/mol. The van der Waals surface area contributed by atoms with Crippen molar-refractivity contribution in [3.05, 3.63) is 17.6 Å². The molecule has 3 unspecified atom stereocenters. The molecule has 2 saturated heterocycles. The number of nitrogen functional groups attached to an aromatic ring is 1. The van der Waals surface area contributed by atoms with Crippen LogP contribution in [0, 0.1) is 12.7 Å². The lowest BCUT2D eigenvalue weighted by Crippen LogP contribution is -2.22. The number of hydrogen-bond acceptors (Lipinski definition) is 11. The summed E-state index contributed by atoms with van der Waals surface area (Å²) in [6.07, 6.45) is 3.13. The molecule has 0 spiro atoms. The van der Waals surface area contributed by atoms with Crippen LogP contribution in [0.1, 0.15) is 72.9 Å². The van der Waals surface area contributed by atoms with E-state index < -0.39 is 18.6 Å². The van der Waals surface area contributed by atoms with Gasteiger partial charge in [0.25, 0.3) is 0 Å². The van der Waals surface area contributed by atoms with Crippen LogP contribution in [0.5, 0.6) is 17.6 Å². The fourth-order valence-corrected chi connectivity index (χ4v) is 5.31. The van der Waals surface area contributed by atoms with Gasteiger partial charge in [-0.2, -0.15) is 18.7 Å². The maximum absolute atomic E-state index is 16.0. The van der Waals surface area contributed by atoms with Crippen LogP contribution in [0.2, 0.25) is 0 Å². The van der Waals surface area contributed by atoms with Gasteiger partial charge in [0.2, 0.25) is 5.88 Å². The zero-order valence-corrected chi connectivity index (χ0v) is 29.6. The van der Waals surface area contributed by atoms with Crippen LogP contribution in [-0.4, -0.2) is 90.1 Å². The fraction of sp³-hybridized carbons (Fsp3) is 0.636. The van der Waals surface area contributed by atoms with Crippen molar-refractivity contribution in [1.29, 1.82) is 0 Å². The Morgan fingerprint density at radius 1 is 1.08 bits per heavy atom. The summed E-state index contributed by atoms with van der Waals surface area (Å²) in [6, 6.07) is 1.71. The summed E-state index contributed by atoms with van der Waals surface area (Å²) in [5.74, 6) is -1.05. The van der Waals surface area contributed by atoms with Gasteiger partial charge in [-0.3, -0.25) is 4.90 Å². The maximum Gasteiger partial charge on any atom is 0.387 e. The minimum atomic E-state index is -3.18. The van der Waals surface area contributed by atoms with E-state index in [0.29, 0.717) is 32.1 Å². The molecule has 0 radical (unpaired) electrons. The zero-order chi connectivity index (χ0) is 36.0. The second-order valence-corrected chi connectivity index (χ2v) is 10.7. The Morgan fingerprint density at radius 2 is 1.79 bits per heavy atom. The van der Waals surface area contributed by atoms with Crippen molar-refractivity contribution in [2.75, 3.05) is 51.4 Å². The summed E-state index contributed by atoms with van der Waals surface area (Å²) in [5, 5.41) is 6.28. The number of aromatic nitrogens is 4. The number of halogens is 4. The highest BCUT2D eigenvalue weighted by molar-refractivity contribution is 5.96. The first-order valence-corrected chi connectivity index (χ1v) is 16.7. The van der Waals surface area contributed by atoms with Gasteiger partial charge in [-0.15, -0.1) is 0 Å². The number of anilines is 2. The summed E-state index contributed by atoms with van der Waals surface area (Å²) in [5.41, 5.74) is 5.24. The number of aryl methyl sites for hydroxylation is 1. The first-order valence-electron chi connectivity index (χ1n) is 16.7. The number of nitrogens with one attached hydrogen (secondary N) is 2. The topological polar surface area (TPSA) is 133 Å². The highest BCUT2D eigenvalue weighted by atomic mass is 19.3. The molecule has 0 amide bonds. The number of nitrogens with zero attached hydrogens (tertiary/aromatic N) is 5. The molecule has 2 aliphatic rings. The van der Waals surface area contributed by atoms with E-state index in [-0.39, 0.29) is 63.2 Å². The molecule has 5 heterocycles. The van der Waals surface area contributed by atoms with E-state index in [4.69, 9.17) is 15.2 Å². The van der Waals surface area contributed by atoms with Crippen molar-refractivity contribution in [3.8, 4) is 28.9 Å². The Balaban J connectivity index is 0.000000514. The fourth-order valence-electron chi connectivity index (χ4n) is 5.31. The third kappa shape index (κ3) is 10.4. The summed E-state index contributed by atoms with van der Waals surface area (Å²) < 4.78 is 70.8. The molecule has 48 heavy (non-hydrogen) atoms. The Hall–Kier alpha value is -3.72. The third-order valence-corrected chi connectivity index (χ3v) is 7.55. The smallest absolute Gasteiger partial charge is 0.387 e. The highest BCUT2D eigenvalue weighted by Crippen LogP contribution is 2.41. The Bertz CT molecular complexity index is 1420. The molecule has 3 atom stereocenters. The lowest BCUT2D eigenvalue weighted by molar-refractivity contribution is -0.0501. The summed E-state index contributed by atoms with van der Waals surface area (Å²) >= 11 is 0. The Labute approximate surface area is 281 Å². The highest BCUT2D eigenvalue weighted by Gasteiger charge is 2.34. The molecular weight excluding hydrogens is 632 g/mol. The molecule has 0 aliphatic carbocycles. The molecule has 3 aromatic heterocycles. The normalized spacial score (nSPS) is 17.3. The molecule has 5 rings (SSSR count). The second-order valence-electron chi connectivity index (χ2n) is 10.7. The molecule has 2 aliphatic heterocycles. The molecule has 11 nitrogen and oxygen atoms in total. The van der Waals surface area contributed by atoms with Gasteiger partial charge in [-0.05, 0) is 59.2 Å². The van der Waals surface area contributed by atoms with Crippen molar-refractivity contribution in [2.24, 2.45) is 0 Å². The van der Waals surface area contributed by atoms with Gasteiger partial charge in [0.1, 0.15) is 34.4 Å². The summed E-state index contributed by atoms with van der Waals surface area (Å²) in [4.78, 5) is 19.1. The number of rotatable bonds is 11. The van der Waals surface area contributed by atoms with Crippen molar-refractivity contribution in [1.82, 2.24) is 30.2 Å². The molecule has 0 aromatic carbocycles. The van der Waals surface area contributed by atoms with Crippen LogP contribution in [0.15, 0.2) is 6.07 Å². The van der Waals surface area contributed by atoms with E-state index in [1.54, 1.807) is 7.05 Å². The average Bonchev–Trinajstić information content (AvgIpc) is 3.66. The first-order chi connectivity index (χ1) is 23.1. The van der Waals surface area contributed by atoms with E-state index in [9.17, 15) is 13.2 Å². The van der Waals surface area contributed by atoms with Crippen LogP contribution in [0.25, 0.3) is 22.2 Å². The number of likely N-dealkylation sites (N-methyl/N-ethyl adjacent to an activating group) is 1. The van der Waals surface area contributed by atoms with Crippen molar-refractivity contribution in [3.63, 3.8) is 0 Å². The van der Waals surface area contributed by atoms with Crippen molar-refractivity contribution in [2.45, 2.75) is 99.1 Å². The molecule has 0 saturated carbocycles. The number of fused-ring (bicyclic) bond motifs is 2. The van der Waals surface area contributed by atoms with Crippen molar-refractivity contribution >= 4 is 22.5 Å². The monoisotopic (exact) mass is 684 g/mol. The largest absolute Gasteiger partial charge is 0.474 e.